The van der Waals surface area contributed by atoms with Gasteiger partial charge in [-0.3, -0.25) is 4.79 Å². The monoisotopic (exact) mass is 294 g/mol. The van der Waals surface area contributed by atoms with Crippen LogP contribution >= 0.6 is 27.5 Å². The molecule has 0 fully saturated rings. The molecule has 82 valence electrons. The minimum Gasteiger partial charge on any atom is -0.468 e. The van der Waals surface area contributed by atoms with Crippen LogP contribution in [-0.4, -0.2) is 17.9 Å². The molecule has 0 aliphatic carbocycles. The molecule has 0 aliphatic heterocycles. The molecule has 1 unspecified atom stereocenters. The maximum absolute atomic E-state index is 12.7. The summed E-state index contributed by atoms with van der Waals surface area (Å²) in [6, 6.07) is 4.07. The first-order valence-corrected chi connectivity index (χ1v) is 5.49. The summed E-state index contributed by atoms with van der Waals surface area (Å²) in [5.41, 5.74) is 0.699. The molecule has 1 aromatic rings. The predicted molar refractivity (Wildman–Crippen MR) is 59.8 cm³/mol. The van der Waals surface area contributed by atoms with Crippen molar-refractivity contribution in [3.05, 3.63) is 34.6 Å². The summed E-state index contributed by atoms with van der Waals surface area (Å²) in [7, 11) is 1.31. The Bertz CT molecular complexity index is 370. The smallest absolute Gasteiger partial charge is 0.319 e. The quantitative estimate of drug-likeness (QED) is 0.633. The van der Waals surface area contributed by atoms with Gasteiger partial charge in [0.2, 0.25) is 0 Å². The van der Waals surface area contributed by atoms with E-state index in [0.29, 0.717) is 17.0 Å². The first-order valence-electron chi connectivity index (χ1n) is 4.20. The largest absolute Gasteiger partial charge is 0.468 e. The number of hydrogen-bond acceptors (Lipinski definition) is 2. The molecule has 5 heteroatoms. The van der Waals surface area contributed by atoms with Crippen LogP contribution in [0.3, 0.4) is 0 Å². The van der Waals surface area contributed by atoms with Gasteiger partial charge in [0.05, 0.1) is 7.11 Å². The molecule has 0 bridgehead atoms. The Morgan fingerprint density at radius 2 is 2.33 bits per heavy atom. The fourth-order valence-corrected chi connectivity index (χ4v) is 1.87. The molecule has 0 spiro atoms. The first-order chi connectivity index (χ1) is 7.04. The summed E-state index contributed by atoms with van der Waals surface area (Å²) in [4.78, 5) is 10.6. The van der Waals surface area contributed by atoms with Crippen molar-refractivity contribution >= 4 is 33.5 Å². The number of carbonyl (C=O) groups excluding carboxylic acids is 1. The van der Waals surface area contributed by atoms with Crippen molar-refractivity contribution in [2.75, 3.05) is 7.11 Å². The fraction of sp³-hybridized carbons (Fsp3) is 0.300. The molecule has 0 aliphatic rings. The van der Waals surface area contributed by atoms with Crippen molar-refractivity contribution in [1.82, 2.24) is 0 Å². The van der Waals surface area contributed by atoms with Gasteiger partial charge < -0.3 is 4.74 Å². The van der Waals surface area contributed by atoms with Gasteiger partial charge in [-0.1, -0.05) is 33.6 Å². The molecule has 0 N–H and O–H groups in total. The van der Waals surface area contributed by atoms with Crippen molar-refractivity contribution in [3.63, 3.8) is 0 Å². The highest BCUT2D eigenvalue weighted by atomic mass is 79.9. The second kappa shape index (κ2) is 5.47. The van der Waals surface area contributed by atoms with Gasteiger partial charge in [0.25, 0.3) is 0 Å². The summed E-state index contributed by atoms with van der Waals surface area (Å²) < 4.78 is 17.3. The molecule has 1 aromatic carbocycles. The number of alkyl halides is 1. The average molecular weight is 296 g/mol. The Labute approximate surface area is 101 Å². The van der Waals surface area contributed by atoms with Gasteiger partial charge in [-0.25, -0.2) is 4.39 Å². The number of rotatable bonds is 3. The maximum atomic E-state index is 12.7. The van der Waals surface area contributed by atoms with Crippen LogP contribution < -0.4 is 0 Å². The van der Waals surface area contributed by atoms with E-state index in [1.165, 1.54) is 19.2 Å². The number of carbonyl (C=O) groups is 1. The topological polar surface area (TPSA) is 26.3 Å². The van der Waals surface area contributed by atoms with E-state index in [-0.39, 0.29) is 5.97 Å². The number of esters is 1. The van der Waals surface area contributed by atoms with E-state index in [0.717, 1.165) is 0 Å². The molecule has 15 heavy (non-hydrogen) atoms. The standard InChI is InChI=1S/C10H9BrClFO2/c1-15-10(14)8(11)4-6-2-3-7(13)5-9(6)12/h2-3,5,8H,4H2,1H3. The number of methoxy groups -OCH3 is 1. The Hall–Kier alpha value is -0.610. The highest BCUT2D eigenvalue weighted by Crippen LogP contribution is 2.21. The Kier molecular flexibility index (Phi) is 4.54. The summed E-state index contributed by atoms with van der Waals surface area (Å²) in [6.07, 6.45) is 0.367. The third-order valence-electron chi connectivity index (χ3n) is 1.87. The number of hydrogen-bond donors (Lipinski definition) is 0. The third kappa shape index (κ3) is 3.47. The van der Waals surface area contributed by atoms with Crippen LogP contribution in [0.4, 0.5) is 4.39 Å². The van der Waals surface area contributed by atoms with Gasteiger partial charge >= 0.3 is 5.97 Å². The van der Waals surface area contributed by atoms with Crippen LogP contribution in [0.2, 0.25) is 5.02 Å². The lowest BCUT2D eigenvalue weighted by Crippen LogP contribution is -2.18. The summed E-state index contributed by atoms with van der Waals surface area (Å²) in [5, 5.41) is 0.309. The van der Waals surface area contributed by atoms with Crippen LogP contribution in [0.5, 0.6) is 0 Å². The molecule has 0 saturated carbocycles. The van der Waals surface area contributed by atoms with E-state index >= 15 is 0 Å². The van der Waals surface area contributed by atoms with Crippen molar-refractivity contribution in [2.45, 2.75) is 11.2 Å². The molecule has 1 rings (SSSR count). The predicted octanol–water partition coefficient (Wildman–Crippen LogP) is 2.96. The normalized spacial score (nSPS) is 12.3. The minimum absolute atomic E-state index is 0.309. The molecule has 0 amide bonds. The lowest BCUT2D eigenvalue weighted by Gasteiger charge is -2.08. The lowest BCUT2D eigenvalue weighted by molar-refractivity contribution is -0.139. The van der Waals surface area contributed by atoms with Crippen LogP contribution in [0.1, 0.15) is 5.56 Å². The minimum atomic E-state index is -0.467. The molecule has 0 saturated heterocycles. The van der Waals surface area contributed by atoms with Gasteiger partial charge in [-0.2, -0.15) is 0 Å². The van der Waals surface area contributed by atoms with Gasteiger partial charge in [-0.05, 0) is 24.1 Å². The van der Waals surface area contributed by atoms with Gasteiger partial charge in [0.15, 0.2) is 0 Å². The van der Waals surface area contributed by atoms with Crippen molar-refractivity contribution in [1.29, 1.82) is 0 Å². The Morgan fingerprint density at radius 3 is 2.87 bits per heavy atom. The molecular formula is C10H9BrClFO2. The molecular weight excluding hydrogens is 286 g/mol. The molecule has 0 aromatic heterocycles. The molecule has 0 radical (unpaired) electrons. The zero-order chi connectivity index (χ0) is 11.4. The number of halogens is 3. The van der Waals surface area contributed by atoms with E-state index < -0.39 is 10.6 Å². The fourth-order valence-electron chi connectivity index (χ4n) is 1.09. The average Bonchev–Trinajstić information content (AvgIpc) is 2.20. The van der Waals surface area contributed by atoms with Gasteiger partial charge in [0, 0.05) is 5.02 Å². The van der Waals surface area contributed by atoms with E-state index in [4.69, 9.17) is 11.6 Å². The highest BCUT2D eigenvalue weighted by molar-refractivity contribution is 9.10. The van der Waals surface area contributed by atoms with Crippen LogP contribution in [0.15, 0.2) is 18.2 Å². The number of ether oxygens (including phenoxy) is 1. The SMILES string of the molecule is COC(=O)C(Br)Cc1ccc(F)cc1Cl. The zero-order valence-electron chi connectivity index (χ0n) is 7.97. The lowest BCUT2D eigenvalue weighted by atomic mass is 10.1. The third-order valence-corrected chi connectivity index (χ3v) is 2.92. The maximum Gasteiger partial charge on any atom is 0.319 e. The second-order valence-corrected chi connectivity index (χ2v) is 4.44. The summed E-state index contributed by atoms with van der Waals surface area (Å²) >= 11 is 8.97. The van der Waals surface area contributed by atoms with Gasteiger partial charge in [0.1, 0.15) is 10.6 Å². The molecule has 0 heterocycles. The van der Waals surface area contributed by atoms with Crippen molar-refractivity contribution in [3.8, 4) is 0 Å². The second-order valence-electron chi connectivity index (χ2n) is 2.93. The summed E-state index contributed by atoms with van der Waals surface area (Å²) in [6.45, 7) is 0. The Morgan fingerprint density at radius 1 is 1.67 bits per heavy atom. The van der Waals surface area contributed by atoms with Crippen LogP contribution in [0.25, 0.3) is 0 Å². The van der Waals surface area contributed by atoms with Crippen LogP contribution in [0, 0.1) is 5.82 Å². The van der Waals surface area contributed by atoms with E-state index in [1.807, 2.05) is 0 Å². The number of benzene rings is 1. The molecule has 1 atom stereocenters. The van der Waals surface area contributed by atoms with E-state index in [1.54, 1.807) is 6.07 Å². The molecule has 2 nitrogen and oxygen atoms in total. The van der Waals surface area contributed by atoms with Crippen molar-refractivity contribution < 1.29 is 13.9 Å². The highest BCUT2D eigenvalue weighted by Gasteiger charge is 2.17. The van der Waals surface area contributed by atoms with Gasteiger partial charge in [-0.15, -0.1) is 0 Å². The summed E-state index contributed by atoms with van der Waals surface area (Å²) in [5.74, 6) is -0.775. The van der Waals surface area contributed by atoms with E-state index in [9.17, 15) is 9.18 Å². The first kappa shape index (κ1) is 12.5. The zero-order valence-corrected chi connectivity index (χ0v) is 10.3. The Balaban J connectivity index is 2.76. The van der Waals surface area contributed by atoms with E-state index in [2.05, 4.69) is 20.7 Å². The van der Waals surface area contributed by atoms with Crippen molar-refractivity contribution in [2.24, 2.45) is 0 Å². The van der Waals surface area contributed by atoms with Crippen LogP contribution in [-0.2, 0) is 16.0 Å².